The monoisotopic (exact) mass is 364 g/mol. The molecule has 0 bridgehead atoms. The summed E-state index contributed by atoms with van der Waals surface area (Å²) in [5.41, 5.74) is 1.26. The maximum atomic E-state index is 5.89. The molecule has 23 heavy (non-hydrogen) atoms. The van der Waals surface area contributed by atoms with Gasteiger partial charge >= 0.3 is 0 Å². The normalized spacial score (nSPS) is 11.8. The highest BCUT2D eigenvalue weighted by atomic mass is 35.5. The second-order valence-electron chi connectivity index (χ2n) is 5.23. The van der Waals surface area contributed by atoms with Gasteiger partial charge in [-0.15, -0.1) is 11.8 Å². The standard InChI is InChI=1S/C18H21ClN2S2/c1-14(15-6-4-3-5-7-15)21(2)18(22)20-12-13-23-17-10-8-16(19)9-11-17/h3-11,14H,12-13H2,1-2H3,(H,20,22)/t14-/m0/s1. The van der Waals surface area contributed by atoms with Crippen molar-refractivity contribution in [3.63, 3.8) is 0 Å². The summed E-state index contributed by atoms with van der Waals surface area (Å²) >= 11 is 13.2. The van der Waals surface area contributed by atoms with E-state index in [1.165, 1.54) is 10.5 Å². The minimum absolute atomic E-state index is 0.250. The first-order chi connectivity index (χ1) is 11.1. The zero-order valence-corrected chi connectivity index (χ0v) is 15.7. The summed E-state index contributed by atoms with van der Waals surface area (Å²) < 4.78 is 0. The SMILES string of the molecule is C[C@@H](c1ccccc1)N(C)C(=S)NCCSc1ccc(Cl)cc1. The molecule has 0 unspecified atom stereocenters. The number of rotatable bonds is 6. The van der Waals surface area contributed by atoms with Crippen LogP contribution in [0.3, 0.4) is 0 Å². The molecule has 0 aliphatic heterocycles. The molecule has 2 nitrogen and oxygen atoms in total. The van der Waals surface area contributed by atoms with Gasteiger partial charge in [-0.1, -0.05) is 41.9 Å². The van der Waals surface area contributed by atoms with E-state index in [1.807, 2.05) is 37.4 Å². The Morgan fingerprint density at radius 1 is 1.17 bits per heavy atom. The summed E-state index contributed by atoms with van der Waals surface area (Å²) in [6.45, 7) is 2.99. The lowest BCUT2D eigenvalue weighted by Gasteiger charge is -2.28. The van der Waals surface area contributed by atoms with Gasteiger partial charge in [0.05, 0.1) is 6.04 Å². The van der Waals surface area contributed by atoms with Gasteiger partial charge in [0, 0.05) is 29.3 Å². The van der Waals surface area contributed by atoms with Gasteiger partial charge in [-0.05, 0) is 49.0 Å². The first-order valence-electron chi connectivity index (χ1n) is 7.52. The van der Waals surface area contributed by atoms with Gasteiger partial charge in [-0.25, -0.2) is 0 Å². The van der Waals surface area contributed by atoms with Crippen molar-refractivity contribution in [2.45, 2.75) is 17.9 Å². The third-order valence-electron chi connectivity index (χ3n) is 3.64. The van der Waals surface area contributed by atoms with Crippen molar-refractivity contribution in [1.82, 2.24) is 10.2 Å². The van der Waals surface area contributed by atoms with Crippen LogP contribution in [0, 0.1) is 0 Å². The Morgan fingerprint density at radius 3 is 2.48 bits per heavy atom. The van der Waals surface area contributed by atoms with E-state index in [9.17, 15) is 0 Å². The molecular formula is C18H21ClN2S2. The van der Waals surface area contributed by atoms with Crippen LogP contribution in [0.4, 0.5) is 0 Å². The van der Waals surface area contributed by atoms with Gasteiger partial charge < -0.3 is 10.2 Å². The molecule has 0 aromatic heterocycles. The summed E-state index contributed by atoms with van der Waals surface area (Å²) in [6.07, 6.45) is 0. The van der Waals surface area contributed by atoms with E-state index in [0.717, 1.165) is 22.4 Å². The minimum atomic E-state index is 0.250. The van der Waals surface area contributed by atoms with E-state index in [2.05, 4.69) is 41.4 Å². The van der Waals surface area contributed by atoms with Crippen LogP contribution >= 0.6 is 35.6 Å². The van der Waals surface area contributed by atoms with E-state index in [1.54, 1.807) is 11.8 Å². The number of benzene rings is 2. The Labute approximate surface area is 153 Å². The number of nitrogens with zero attached hydrogens (tertiary/aromatic N) is 1. The number of halogens is 1. The largest absolute Gasteiger partial charge is 0.362 e. The topological polar surface area (TPSA) is 15.3 Å². The fraction of sp³-hybridized carbons (Fsp3) is 0.278. The van der Waals surface area contributed by atoms with E-state index >= 15 is 0 Å². The first-order valence-corrected chi connectivity index (χ1v) is 9.29. The zero-order valence-electron chi connectivity index (χ0n) is 13.3. The third kappa shape index (κ3) is 5.72. The van der Waals surface area contributed by atoms with Crippen molar-refractivity contribution in [3.05, 3.63) is 65.2 Å². The molecule has 0 aliphatic rings. The Kier molecular flexibility index (Phi) is 7.21. The number of hydrogen-bond acceptors (Lipinski definition) is 2. The van der Waals surface area contributed by atoms with E-state index in [4.69, 9.17) is 23.8 Å². The predicted octanol–water partition coefficient (Wildman–Crippen LogP) is 5.00. The molecule has 0 saturated carbocycles. The number of nitrogens with one attached hydrogen (secondary N) is 1. The molecule has 0 saturated heterocycles. The fourth-order valence-electron chi connectivity index (χ4n) is 2.11. The lowest BCUT2D eigenvalue weighted by molar-refractivity contribution is 0.397. The van der Waals surface area contributed by atoms with Gasteiger partial charge in [0.2, 0.25) is 0 Å². The van der Waals surface area contributed by atoms with Crippen LogP contribution in [0.1, 0.15) is 18.5 Å². The van der Waals surface area contributed by atoms with Crippen LogP contribution < -0.4 is 5.32 Å². The molecule has 122 valence electrons. The second-order valence-corrected chi connectivity index (χ2v) is 7.22. The molecule has 2 aromatic carbocycles. The Bertz CT molecular complexity index is 617. The average molecular weight is 365 g/mol. The van der Waals surface area contributed by atoms with Crippen LogP contribution in [0.5, 0.6) is 0 Å². The number of hydrogen-bond donors (Lipinski definition) is 1. The molecule has 2 rings (SSSR count). The highest BCUT2D eigenvalue weighted by molar-refractivity contribution is 7.99. The highest BCUT2D eigenvalue weighted by Gasteiger charge is 2.13. The molecule has 0 spiro atoms. The van der Waals surface area contributed by atoms with Gasteiger partial charge in [0.25, 0.3) is 0 Å². The van der Waals surface area contributed by atoms with Crippen molar-refractivity contribution < 1.29 is 0 Å². The summed E-state index contributed by atoms with van der Waals surface area (Å²) in [7, 11) is 2.03. The van der Waals surface area contributed by atoms with Crippen molar-refractivity contribution in [3.8, 4) is 0 Å². The van der Waals surface area contributed by atoms with Crippen LogP contribution in [0.25, 0.3) is 0 Å². The average Bonchev–Trinajstić information content (AvgIpc) is 2.59. The molecule has 0 fully saturated rings. The third-order valence-corrected chi connectivity index (χ3v) is 5.34. The molecule has 0 aliphatic carbocycles. The Hall–Kier alpha value is -1.23. The number of thioether (sulfide) groups is 1. The lowest BCUT2D eigenvalue weighted by atomic mass is 10.1. The van der Waals surface area contributed by atoms with E-state index in [-0.39, 0.29) is 6.04 Å². The van der Waals surface area contributed by atoms with Gasteiger partial charge in [0.15, 0.2) is 5.11 Å². The van der Waals surface area contributed by atoms with Crippen molar-refractivity contribution in [2.24, 2.45) is 0 Å². The van der Waals surface area contributed by atoms with Crippen molar-refractivity contribution in [1.29, 1.82) is 0 Å². The smallest absolute Gasteiger partial charge is 0.169 e. The van der Waals surface area contributed by atoms with E-state index < -0.39 is 0 Å². The maximum Gasteiger partial charge on any atom is 0.169 e. The second kappa shape index (κ2) is 9.16. The lowest BCUT2D eigenvalue weighted by Crippen LogP contribution is -2.39. The molecule has 0 radical (unpaired) electrons. The molecule has 0 heterocycles. The first kappa shape index (κ1) is 18.1. The minimum Gasteiger partial charge on any atom is -0.362 e. The maximum absolute atomic E-state index is 5.89. The van der Waals surface area contributed by atoms with Crippen LogP contribution in [-0.4, -0.2) is 29.4 Å². The number of thiocarbonyl (C=S) groups is 1. The summed E-state index contributed by atoms with van der Waals surface area (Å²) in [4.78, 5) is 3.31. The van der Waals surface area contributed by atoms with Crippen LogP contribution in [0.15, 0.2) is 59.5 Å². The van der Waals surface area contributed by atoms with Gasteiger partial charge in [0.1, 0.15) is 0 Å². The Balaban J connectivity index is 1.74. The highest BCUT2D eigenvalue weighted by Crippen LogP contribution is 2.20. The molecule has 2 aromatic rings. The molecular weight excluding hydrogens is 344 g/mol. The van der Waals surface area contributed by atoms with Crippen molar-refractivity contribution in [2.75, 3.05) is 19.3 Å². The fourth-order valence-corrected chi connectivity index (χ4v) is 3.27. The van der Waals surface area contributed by atoms with Gasteiger partial charge in [-0.3, -0.25) is 0 Å². The van der Waals surface area contributed by atoms with Crippen LogP contribution in [-0.2, 0) is 0 Å². The van der Waals surface area contributed by atoms with Crippen LogP contribution in [0.2, 0.25) is 5.02 Å². The van der Waals surface area contributed by atoms with E-state index in [0.29, 0.717) is 0 Å². The quantitative estimate of drug-likeness (QED) is 0.440. The molecule has 1 N–H and O–H groups in total. The summed E-state index contributed by atoms with van der Waals surface area (Å²) in [6, 6.07) is 18.5. The van der Waals surface area contributed by atoms with Crippen molar-refractivity contribution >= 4 is 40.7 Å². The predicted molar refractivity (Wildman–Crippen MR) is 105 cm³/mol. The van der Waals surface area contributed by atoms with Gasteiger partial charge in [-0.2, -0.15) is 0 Å². The molecule has 5 heteroatoms. The zero-order chi connectivity index (χ0) is 16.7. The Morgan fingerprint density at radius 2 is 1.83 bits per heavy atom. The molecule has 0 amide bonds. The summed E-state index contributed by atoms with van der Waals surface area (Å²) in [5, 5.41) is 4.87. The molecule has 1 atom stereocenters. The summed E-state index contributed by atoms with van der Waals surface area (Å²) in [5.74, 6) is 0.954.